The Morgan fingerprint density at radius 1 is 1.45 bits per heavy atom. The van der Waals surface area contributed by atoms with Gasteiger partial charge in [-0.1, -0.05) is 13.3 Å². The quantitative estimate of drug-likeness (QED) is 0.456. The van der Waals surface area contributed by atoms with Gasteiger partial charge in [-0.15, -0.1) is 0 Å². The fourth-order valence-electron chi connectivity index (χ4n) is 2.35. The van der Waals surface area contributed by atoms with E-state index in [4.69, 9.17) is 9.47 Å². The molecule has 1 heterocycles. The lowest BCUT2D eigenvalue weighted by atomic mass is 9.96. The monoisotopic (exact) mass is 305 g/mol. The molecule has 1 aliphatic heterocycles. The first kappa shape index (κ1) is 16.2. The van der Waals surface area contributed by atoms with Crippen LogP contribution in [0, 0.1) is 10.1 Å². The second-order valence-corrected chi connectivity index (χ2v) is 5.34. The molecule has 0 aliphatic carbocycles. The van der Waals surface area contributed by atoms with Crippen molar-refractivity contribution in [3.05, 3.63) is 39.4 Å². The van der Waals surface area contributed by atoms with Gasteiger partial charge < -0.3 is 9.47 Å². The van der Waals surface area contributed by atoms with Gasteiger partial charge >= 0.3 is 0 Å². The Balaban J connectivity index is 2.40. The smallest absolute Gasteiger partial charge is 0.270 e. The van der Waals surface area contributed by atoms with E-state index in [0.717, 1.165) is 12.8 Å². The van der Waals surface area contributed by atoms with E-state index in [-0.39, 0.29) is 11.5 Å². The predicted molar refractivity (Wildman–Crippen MR) is 81.6 cm³/mol. The highest BCUT2D eigenvalue weighted by Crippen LogP contribution is 2.38. The van der Waals surface area contributed by atoms with Crippen molar-refractivity contribution in [1.82, 2.24) is 0 Å². The van der Waals surface area contributed by atoms with Gasteiger partial charge in [0.2, 0.25) is 5.79 Å². The van der Waals surface area contributed by atoms with Crippen molar-refractivity contribution in [3.8, 4) is 5.75 Å². The number of nitrogens with zero attached hydrogens (tertiary/aromatic N) is 1. The van der Waals surface area contributed by atoms with Crippen LogP contribution in [0.3, 0.4) is 0 Å². The molecule has 1 unspecified atom stereocenters. The molecule has 0 radical (unpaired) electrons. The summed E-state index contributed by atoms with van der Waals surface area (Å²) in [4.78, 5) is 22.3. The van der Waals surface area contributed by atoms with Crippen LogP contribution in [0.25, 0.3) is 6.08 Å². The average molecular weight is 305 g/mol. The topological polar surface area (TPSA) is 78.7 Å². The highest BCUT2D eigenvalue weighted by Gasteiger charge is 2.39. The number of non-ortho nitro benzene ring substituents is 1. The molecular weight excluding hydrogens is 286 g/mol. The SMILES string of the molecule is CCCCOC1(C)Oc2ccc([N+](=O)[O-])cc2C=C1C(C)=O. The van der Waals surface area contributed by atoms with Gasteiger partial charge in [0.15, 0.2) is 5.78 Å². The molecule has 2 rings (SSSR count). The molecule has 0 saturated carbocycles. The highest BCUT2D eigenvalue weighted by molar-refractivity contribution is 6.00. The zero-order valence-electron chi connectivity index (χ0n) is 12.9. The number of unbranched alkanes of at least 4 members (excludes halogenated alkanes) is 1. The van der Waals surface area contributed by atoms with Gasteiger partial charge in [-0.05, 0) is 25.5 Å². The number of nitro benzene ring substituents is 1. The van der Waals surface area contributed by atoms with Crippen LogP contribution in [0.4, 0.5) is 5.69 Å². The van der Waals surface area contributed by atoms with Gasteiger partial charge in [0.1, 0.15) is 5.75 Å². The van der Waals surface area contributed by atoms with E-state index in [1.54, 1.807) is 13.0 Å². The van der Waals surface area contributed by atoms with Crippen LogP contribution in [-0.4, -0.2) is 23.1 Å². The minimum atomic E-state index is -1.16. The lowest BCUT2D eigenvalue weighted by molar-refractivity contribution is -0.384. The van der Waals surface area contributed by atoms with E-state index in [1.165, 1.54) is 25.1 Å². The summed E-state index contributed by atoms with van der Waals surface area (Å²) in [6, 6.07) is 4.30. The molecule has 0 N–H and O–H groups in total. The number of hydrogen-bond acceptors (Lipinski definition) is 5. The summed E-state index contributed by atoms with van der Waals surface area (Å²) in [5.41, 5.74) is 0.824. The first-order valence-electron chi connectivity index (χ1n) is 7.22. The van der Waals surface area contributed by atoms with Crippen molar-refractivity contribution in [1.29, 1.82) is 0 Å². The maximum Gasteiger partial charge on any atom is 0.270 e. The molecule has 0 aromatic heterocycles. The lowest BCUT2D eigenvalue weighted by Crippen LogP contribution is -2.42. The summed E-state index contributed by atoms with van der Waals surface area (Å²) in [7, 11) is 0. The van der Waals surface area contributed by atoms with Crippen molar-refractivity contribution in [2.45, 2.75) is 39.4 Å². The molecule has 6 heteroatoms. The molecule has 1 atom stereocenters. The van der Waals surface area contributed by atoms with Crippen molar-refractivity contribution >= 4 is 17.5 Å². The first-order valence-corrected chi connectivity index (χ1v) is 7.22. The molecule has 118 valence electrons. The molecular formula is C16H19NO5. The van der Waals surface area contributed by atoms with Crippen LogP contribution in [0.15, 0.2) is 23.8 Å². The standard InChI is InChI=1S/C16H19NO5/c1-4-5-8-21-16(3)14(11(2)18)10-12-9-13(17(19)20)6-7-15(12)22-16/h6-7,9-10H,4-5,8H2,1-3H3. The van der Waals surface area contributed by atoms with Gasteiger partial charge in [-0.3, -0.25) is 14.9 Å². The Morgan fingerprint density at radius 2 is 2.18 bits per heavy atom. The van der Waals surface area contributed by atoms with Crippen LogP contribution in [0.5, 0.6) is 5.75 Å². The molecule has 1 aliphatic rings. The van der Waals surface area contributed by atoms with Crippen LogP contribution < -0.4 is 4.74 Å². The van der Waals surface area contributed by atoms with Gasteiger partial charge in [0, 0.05) is 24.6 Å². The molecule has 0 amide bonds. The number of Topliss-reactive ketones (excluding diaryl/α,β-unsaturated/α-hetero) is 1. The Labute approximate surface area is 128 Å². The number of rotatable bonds is 6. The summed E-state index contributed by atoms with van der Waals surface area (Å²) >= 11 is 0. The third kappa shape index (κ3) is 3.17. The van der Waals surface area contributed by atoms with Crippen LogP contribution in [-0.2, 0) is 9.53 Å². The van der Waals surface area contributed by atoms with Gasteiger partial charge in [-0.25, -0.2) is 0 Å². The Kier molecular flexibility index (Phi) is 4.61. The van der Waals surface area contributed by atoms with Gasteiger partial charge in [0.05, 0.1) is 17.1 Å². The first-order chi connectivity index (χ1) is 10.4. The molecule has 0 spiro atoms. The largest absolute Gasteiger partial charge is 0.458 e. The van der Waals surface area contributed by atoms with Crippen molar-refractivity contribution in [3.63, 3.8) is 0 Å². The zero-order valence-corrected chi connectivity index (χ0v) is 12.9. The number of benzene rings is 1. The van der Waals surface area contributed by atoms with Gasteiger partial charge in [0.25, 0.3) is 5.69 Å². The number of carbonyl (C=O) groups is 1. The van der Waals surface area contributed by atoms with E-state index in [0.29, 0.717) is 23.5 Å². The molecule has 0 fully saturated rings. The number of carbonyl (C=O) groups excluding carboxylic acids is 1. The maximum absolute atomic E-state index is 11.9. The highest BCUT2D eigenvalue weighted by atomic mass is 16.7. The molecule has 1 aromatic carbocycles. The van der Waals surface area contributed by atoms with Crippen LogP contribution >= 0.6 is 0 Å². The second-order valence-electron chi connectivity index (χ2n) is 5.34. The normalized spacial score (nSPS) is 19.9. The summed E-state index contributed by atoms with van der Waals surface area (Å²) in [5.74, 6) is -0.879. The fourth-order valence-corrected chi connectivity index (χ4v) is 2.35. The third-order valence-corrected chi connectivity index (χ3v) is 3.55. The fraction of sp³-hybridized carbons (Fsp3) is 0.438. The van der Waals surface area contributed by atoms with E-state index in [1.807, 2.05) is 6.92 Å². The summed E-state index contributed by atoms with van der Waals surface area (Å²) in [6.45, 7) is 5.64. The predicted octanol–water partition coefficient (Wildman–Crippen LogP) is 3.49. The Bertz CT molecular complexity index is 637. The van der Waals surface area contributed by atoms with E-state index >= 15 is 0 Å². The minimum Gasteiger partial charge on any atom is -0.458 e. The number of hydrogen-bond donors (Lipinski definition) is 0. The number of ketones is 1. The number of ether oxygens (including phenoxy) is 2. The van der Waals surface area contributed by atoms with E-state index in [9.17, 15) is 14.9 Å². The second kappa shape index (κ2) is 6.27. The maximum atomic E-state index is 11.9. The average Bonchev–Trinajstić information content (AvgIpc) is 2.45. The van der Waals surface area contributed by atoms with Crippen molar-refractivity contribution < 1.29 is 19.2 Å². The van der Waals surface area contributed by atoms with Crippen LogP contribution in [0.2, 0.25) is 0 Å². The number of nitro groups is 1. The molecule has 22 heavy (non-hydrogen) atoms. The summed E-state index contributed by atoms with van der Waals surface area (Å²) in [5, 5.41) is 10.9. The van der Waals surface area contributed by atoms with Crippen molar-refractivity contribution in [2.75, 3.05) is 6.61 Å². The minimum absolute atomic E-state index is 0.0444. The number of fused-ring (bicyclic) bond motifs is 1. The molecule has 1 aromatic rings. The van der Waals surface area contributed by atoms with Crippen LogP contribution in [0.1, 0.15) is 39.2 Å². The Morgan fingerprint density at radius 3 is 2.77 bits per heavy atom. The van der Waals surface area contributed by atoms with E-state index in [2.05, 4.69) is 0 Å². The Hall–Kier alpha value is -2.21. The third-order valence-electron chi connectivity index (χ3n) is 3.55. The summed E-state index contributed by atoms with van der Waals surface area (Å²) < 4.78 is 11.6. The van der Waals surface area contributed by atoms with Gasteiger partial charge in [-0.2, -0.15) is 0 Å². The van der Waals surface area contributed by atoms with Crippen molar-refractivity contribution in [2.24, 2.45) is 0 Å². The summed E-state index contributed by atoms with van der Waals surface area (Å²) in [6.07, 6.45) is 3.44. The zero-order chi connectivity index (χ0) is 16.3. The molecule has 0 bridgehead atoms. The molecule has 0 saturated heterocycles. The lowest BCUT2D eigenvalue weighted by Gasteiger charge is -2.35. The molecule has 6 nitrogen and oxygen atoms in total. The van der Waals surface area contributed by atoms with E-state index < -0.39 is 10.7 Å².